The molecule has 2 aliphatic rings. The van der Waals surface area contributed by atoms with Gasteiger partial charge in [-0.25, -0.2) is 9.78 Å². The van der Waals surface area contributed by atoms with E-state index in [1.807, 2.05) is 24.3 Å². The van der Waals surface area contributed by atoms with Crippen molar-refractivity contribution >= 4 is 34.6 Å². The number of ether oxygens (including phenoxy) is 1. The molecule has 2 fully saturated rings. The predicted octanol–water partition coefficient (Wildman–Crippen LogP) is 3.21. The number of hydrogen-bond acceptors (Lipinski definition) is 8. The molecule has 10 heteroatoms. The molecule has 0 unspecified atom stereocenters. The standard InChI is InChI=1S/C23H30N8O2/c1-13-6-8-15(26-23(32)33-16-4-2-3-5-16)12-31(13)20-11-18(27-22(25)28-20)14-7-9-17-19(10-14)29-30-21(17)24/h7,9-11,13,15-16H,2-6,8,12H2,1H3,(H,26,32)(H3,24,29,30)(H2,25,27,28)/t13-,15+/m1/s1. The van der Waals surface area contributed by atoms with Crippen LogP contribution in [0.25, 0.3) is 22.2 Å². The Bertz CT molecular complexity index is 1160. The molecule has 3 aromatic rings. The highest BCUT2D eigenvalue weighted by molar-refractivity contribution is 5.91. The van der Waals surface area contributed by atoms with E-state index in [0.29, 0.717) is 12.4 Å². The number of rotatable bonds is 4. The van der Waals surface area contributed by atoms with Gasteiger partial charge in [-0.1, -0.05) is 6.07 Å². The molecule has 5 rings (SSSR count). The van der Waals surface area contributed by atoms with Crippen molar-refractivity contribution in [1.29, 1.82) is 0 Å². The fourth-order valence-electron chi connectivity index (χ4n) is 4.85. The number of nitrogen functional groups attached to an aromatic ring is 2. The van der Waals surface area contributed by atoms with Crippen molar-refractivity contribution in [3.63, 3.8) is 0 Å². The number of nitrogens with two attached hydrogens (primary N) is 2. The predicted molar refractivity (Wildman–Crippen MR) is 128 cm³/mol. The van der Waals surface area contributed by atoms with E-state index in [1.54, 1.807) is 0 Å². The first-order chi connectivity index (χ1) is 16.0. The number of fused-ring (bicyclic) bond motifs is 1. The summed E-state index contributed by atoms with van der Waals surface area (Å²) in [4.78, 5) is 23.5. The Morgan fingerprint density at radius 2 is 1.97 bits per heavy atom. The summed E-state index contributed by atoms with van der Waals surface area (Å²) in [6, 6.07) is 7.99. The Kier molecular flexibility index (Phi) is 5.65. The quantitative estimate of drug-likeness (QED) is 0.473. The molecule has 174 valence electrons. The summed E-state index contributed by atoms with van der Waals surface area (Å²) in [5.41, 5.74) is 14.4. The zero-order valence-corrected chi connectivity index (χ0v) is 18.8. The number of benzene rings is 1. The Hall–Kier alpha value is -3.56. The second-order valence-electron chi connectivity index (χ2n) is 9.07. The highest BCUT2D eigenvalue weighted by atomic mass is 16.6. The number of nitrogens with zero attached hydrogens (tertiary/aromatic N) is 4. The molecule has 1 aromatic carbocycles. The molecule has 1 amide bonds. The third-order valence-corrected chi connectivity index (χ3v) is 6.69. The van der Waals surface area contributed by atoms with Crippen LogP contribution in [0.3, 0.4) is 0 Å². The topological polar surface area (TPSA) is 148 Å². The second-order valence-corrected chi connectivity index (χ2v) is 9.07. The van der Waals surface area contributed by atoms with Crippen LogP contribution in [-0.4, -0.2) is 51.0 Å². The Morgan fingerprint density at radius 1 is 1.15 bits per heavy atom. The van der Waals surface area contributed by atoms with E-state index in [2.05, 4.69) is 37.3 Å². The molecule has 1 aliphatic heterocycles. The minimum Gasteiger partial charge on any atom is -0.446 e. The molecule has 10 nitrogen and oxygen atoms in total. The van der Waals surface area contributed by atoms with E-state index >= 15 is 0 Å². The molecule has 1 saturated heterocycles. The Balaban J connectivity index is 1.34. The van der Waals surface area contributed by atoms with E-state index < -0.39 is 0 Å². The number of nitrogens with one attached hydrogen (secondary N) is 2. The average molecular weight is 451 g/mol. The molecule has 0 bridgehead atoms. The minimum absolute atomic E-state index is 0.0148. The molecule has 1 aliphatic carbocycles. The van der Waals surface area contributed by atoms with Crippen LogP contribution in [0.4, 0.5) is 22.4 Å². The van der Waals surface area contributed by atoms with Gasteiger partial charge in [0, 0.05) is 35.6 Å². The van der Waals surface area contributed by atoms with Crippen LogP contribution in [0.2, 0.25) is 0 Å². The normalized spacial score (nSPS) is 21.4. The van der Waals surface area contributed by atoms with Crippen molar-refractivity contribution in [2.24, 2.45) is 0 Å². The van der Waals surface area contributed by atoms with E-state index in [0.717, 1.165) is 66.5 Å². The summed E-state index contributed by atoms with van der Waals surface area (Å²) in [7, 11) is 0. The number of carbonyl (C=O) groups excluding carboxylic acids is 1. The zero-order chi connectivity index (χ0) is 22.9. The van der Waals surface area contributed by atoms with Crippen LogP contribution in [-0.2, 0) is 4.74 Å². The van der Waals surface area contributed by atoms with Gasteiger partial charge in [0.25, 0.3) is 0 Å². The summed E-state index contributed by atoms with van der Waals surface area (Å²) < 4.78 is 5.58. The first-order valence-electron chi connectivity index (χ1n) is 11.6. The van der Waals surface area contributed by atoms with E-state index in [-0.39, 0.29) is 30.2 Å². The number of amides is 1. The summed E-state index contributed by atoms with van der Waals surface area (Å²) in [6.45, 7) is 2.79. The summed E-state index contributed by atoms with van der Waals surface area (Å²) in [5.74, 6) is 1.41. The molecule has 0 spiro atoms. The number of carbonyl (C=O) groups is 1. The lowest BCUT2D eigenvalue weighted by Gasteiger charge is -2.39. The van der Waals surface area contributed by atoms with Crippen LogP contribution in [0, 0.1) is 0 Å². The van der Waals surface area contributed by atoms with Gasteiger partial charge >= 0.3 is 6.09 Å². The molecule has 1 saturated carbocycles. The monoisotopic (exact) mass is 450 g/mol. The fraction of sp³-hybridized carbons (Fsp3) is 0.478. The lowest BCUT2D eigenvalue weighted by molar-refractivity contribution is 0.0967. The van der Waals surface area contributed by atoms with Gasteiger partial charge in [-0.2, -0.15) is 10.1 Å². The van der Waals surface area contributed by atoms with Crippen LogP contribution in [0.1, 0.15) is 45.4 Å². The van der Waals surface area contributed by atoms with Crippen LogP contribution in [0.15, 0.2) is 24.3 Å². The van der Waals surface area contributed by atoms with Crippen molar-refractivity contribution in [3.8, 4) is 11.3 Å². The lowest BCUT2D eigenvalue weighted by atomic mass is 9.99. The minimum atomic E-state index is -0.323. The molecule has 33 heavy (non-hydrogen) atoms. The van der Waals surface area contributed by atoms with Gasteiger partial charge in [-0.05, 0) is 57.6 Å². The molecule has 0 radical (unpaired) electrons. The maximum atomic E-state index is 12.4. The smallest absolute Gasteiger partial charge is 0.407 e. The largest absolute Gasteiger partial charge is 0.446 e. The number of aromatic nitrogens is 4. The molecular weight excluding hydrogens is 420 g/mol. The third kappa shape index (κ3) is 4.50. The second kappa shape index (κ2) is 8.76. The summed E-state index contributed by atoms with van der Waals surface area (Å²) >= 11 is 0. The Labute approximate surface area is 192 Å². The maximum absolute atomic E-state index is 12.4. The summed E-state index contributed by atoms with van der Waals surface area (Å²) in [5, 5.41) is 10.9. The number of anilines is 3. The van der Waals surface area contributed by atoms with E-state index in [1.165, 1.54) is 0 Å². The number of H-pyrrole nitrogens is 1. The van der Waals surface area contributed by atoms with Crippen molar-refractivity contribution < 1.29 is 9.53 Å². The van der Waals surface area contributed by atoms with Gasteiger partial charge in [0.15, 0.2) is 5.82 Å². The lowest BCUT2D eigenvalue weighted by Crippen LogP contribution is -2.51. The van der Waals surface area contributed by atoms with Gasteiger partial charge in [0.05, 0.1) is 11.2 Å². The van der Waals surface area contributed by atoms with Crippen LogP contribution >= 0.6 is 0 Å². The highest BCUT2D eigenvalue weighted by Gasteiger charge is 2.29. The van der Waals surface area contributed by atoms with Crippen molar-refractivity contribution in [1.82, 2.24) is 25.5 Å². The molecule has 6 N–H and O–H groups in total. The van der Waals surface area contributed by atoms with E-state index in [4.69, 9.17) is 16.2 Å². The van der Waals surface area contributed by atoms with Gasteiger partial charge in [-0.15, -0.1) is 0 Å². The van der Waals surface area contributed by atoms with Gasteiger partial charge in [0.1, 0.15) is 11.9 Å². The zero-order valence-electron chi connectivity index (χ0n) is 18.8. The van der Waals surface area contributed by atoms with Crippen LogP contribution < -0.4 is 21.7 Å². The van der Waals surface area contributed by atoms with E-state index in [9.17, 15) is 4.79 Å². The number of alkyl carbamates (subject to hydrolysis) is 1. The van der Waals surface area contributed by atoms with Gasteiger partial charge in [0.2, 0.25) is 5.95 Å². The van der Waals surface area contributed by atoms with Crippen LogP contribution in [0.5, 0.6) is 0 Å². The molecule has 3 heterocycles. The molecule has 2 aromatic heterocycles. The van der Waals surface area contributed by atoms with Crippen molar-refractivity contribution in [2.75, 3.05) is 22.9 Å². The first kappa shape index (κ1) is 21.3. The summed E-state index contributed by atoms with van der Waals surface area (Å²) in [6.07, 6.45) is 5.72. The highest BCUT2D eigenvalue weighted by Crippen LogP contribution is 2.30. The molecular formula is C23H30N8O2. The number of aromatic amines is 1. The van der Waals surface area contributed by atoms with Gasteiger partial charge in [-0.3, -0.25) is 5.10 Å². The Morgan fingerprint density at radius 3 is 2.79 bits per heavy atom. The average Bonchev–Trinajstić information content (AvgIpc) is 3.44. The SMILES string of the molecule is C[C@@H]1CC[C@H](NC(=O)OC2CCCC2)CN1c1cc(-c2ccc3c(N)n[nH]c3c2)nc(N)n1. The van der Waals surface area contributed by atoms with Crippen molar-refractivity contribution in [3.05, 3.63) is 24.3 Å². The number of piperidine rings is 1. The first-order valence-corrected chi connectivity index (χ1v) is 11.6. The van der Waals surface area contributed by atoms with Gasteiger partial charge < -0.3 is 26.4 Å². The van der Waals surface area contributed by atoms with Crippen molar-refractivity contribution in [2.45, 2.75) is 63.6 Å². The molecule has 2 atom stereocenters. The third-order valence-electron chi connectivity index (χ3n) is 6.69. The number of hydrogen-bond donors (Lipinski definition) is 4. The maximum Gasteiger partial charge on any atom is 0.407 e. The fourth-order valence-corrected chi connectivity index (χ4v) is 4.85.